The van der Waals surface area contributed by atoms with Gasteiger partial charge in [-0.15, -0.1) is 0 Å². The number of rotatable bonds is 76. The quantitative estimate of drug-likeness (QED) is 0.0222. The topological polar surface area (TPSA) is 237 Å². The van der Waals surface area contributed by atoms with Gasteiger partial charge in [0.1, 0.15) is 19.3 Å². The molecule has 3 N–H and O–H groups in total. The minimum atomic E-state index is -4.96. The van der Waals surface area contributed by atoms with Crippen LogP contribution in [0.25, 0.3) is 0 Å². The fourth-order valence-electron chi connectivity index (χ4n) is 11.8. The summed E-state index contributed by atoms with van der Waals surface area (Å²) < 4.78 is 68.4. The van der Waals surface area contributed by atoms with E-state index in [2.05, 4.69) is 41.5 Å². The van der Waals surface area contributed by atoms with Crippen LogP contribution < -0.4 is 0 Å². The molecule has 96 heavy (non-hydrogen) atoms. The van der Waals surface area contributed by atoms with Gasteiger partial charge in [-0.1, -0.05) is 350 Å². The van der Waals surface area contributed by atoms with Crippen LogP contribution in [-0.4, -0.2) is 96.7 Å². The average Bonchev–Trinajstić information content (AvgIpc) is 1.22. The van der Waals surface area contributed by atoms with Crippen molar-refractivity contribution >= 4 is 39.5 Å². The van der Waals surface area contributed by atoms with Crippen molar-refractivity contribution in [3.05, 3.63) is 0 Å². The lowest BCUT2D eigenvalue weighted by molar-refractivity contribution is -0.161. The molecule has 0 aromatic heterocycles. The SMILES string of the molecule is CCCCCCCCCCCCCCCCCCCCC(=O)OC[C@H](COP(=O)(O)OC[C@@H](O)COP(=O)(O)OC[C@@H](COC(=O)CCCCCCC)OC(=O)CCCCCCCCCCCCCCC(C)C)OC(=O)CCCCCCCCCCCCCCCCC(C)CC. The van der Waals surface area contributed by atoms with E-state index in [9.17, 15) is 43.2 Å². The molecule has 0 saturated heterocycles. The molecular weight excluding hydrogens is 1260 g/mol. The van der Waals surface area contributed by atoms with E-state index in [1.165, 1.54) is 212 Å². The van der Waals surface area contributed by atoms with Crippen molar-refractivity contribution in [2.75, 3.05) is 39.6 Å². The van der Waals surface area contributed by atoms with Gasteiger partial charge >= 0.3 is 39.5 Å². The van der Waals surface area contributed by atoms with Gasteiger partial charge in [-0.05, 0) is 37.5 Å². The van der Waals surface area contributed by atoms with Gasteiger partial charge in [-0.2, -0.15) is 0 Å². The van der Waals surface area contributed by atoms with Crippen LogP contribution in [0.3, 0.4) is 0 Å². The minimum Gasteiger partial charge on any atom is -0.462 e. The summed E-state index contributed by atoms with van der Waals surface area (Å²) in [6.07, 6.45) is 57.2. The normalized spacial score (nSPS) is 14.3. The number of hydrogen-bond acceptors (Lipinski definition) is 15. The molecule has 3 unspecified atom stereocenters. The van der Waals surface area contributed by atoms with Crippen molar-refractivity contribution in [1.29, 1.82) is 0 Å². The lowest BCUT2D eigenvalue weighted by Crippen LogP contribution is -2.30. The first-order valence-electron chi connectivity index (χ1n) is 40.0. The Morgan fingerprint density at radius 1 is 0.302 bits per heavy atom. The molecule has 0 spiro atoms. The summed E-state index contributed by atoms with van der Waals surface area (Å²) in [5.74, 6) is -0.502. The Bertz CT molecular complexity index is 1860. The number of aliphatic hydroxyl groups excluding tert-OH is 1. The number of aliphatic hydroxyl groups is 1. The van der Waals surface area contributed by atoms with Crippen molar-refractivity contribution in [1.82, 2.24) is 0 Å². The highest BCUT2D eigenvalue weighted by Gasteiger charge is 2.30. The van der Waals surface area contributed by atoms with Gasteiger partial charge in [0.05, 0.1) is 26.4 Å². The summed E-state index contributed by atoms with van der Waals surface area (Å²) in [7, 11) is -9.90. The Morgan fingerprint density at radius 3 is 0.792 bits per heavy atom. The fraction of sp³-hybridized carbons (Fsp3) is 0.948. The summed E-state index contributed by atoms with van der Waals surface area (Å²) in [5, 5.41) is 10.6. The van der Waals surface area contributed by atoms with Crippen molar-refractivity contribution in [3.8, 4) is 0 Å². The number of esters is 4. The lowest BCUT2D eigenvalue weighted by Gasteiger charge is -2.21. The Balaban J connectivity index is 5.14. The van der Waals surface area contributed by atoms with Crippen LogP contribution in [-0.2, 0) is 65.4 Å². The Morgan fingerprint density at radius 2 is 0.531 bits per heavy atom. The summed E-state index contributed by atoms with van der Waals surface area (Å²) in [6, 6.07) is 0. The summed E-state index contributed by atoms with van der Waals surface area (Å²) in [6.45, 7) is 9.58. The second-order valence-corrected chi connectivity index (χ2v) is 31.4. The number of ether oxygens (including phenoxy) is 4. The monoisotopic (exact) mass is 1410 g/mol. The lowest BCUT2D eigenvalue weighted by atomic mass is 9.99. The molecule has 0 bridgehead atoms. The van der Waals surface area contributed by atoms with E-state index < -0.39 is 97.5 Å². The van der Waals surface area contributed by atoms with Crippen LogP contribution in [0.4, 0.5) is 0 Å². The highest BCUT2D eigenvalue weighted by Crippen LogP contribution is 2.45. The molecule has 0 amide bonds. The molecule has 0 radical (unpaired) electrons. The second kappa shape index (κ2) is 68.8. The van der Waals surface area contributed by atoms with E-state index >= 15 is 0 Å². The van der Waals surface area contributed by atoms with Crippen LogP contribution in [0.5, 0.6) is 0 Å². The van der Waals surface area contributed by atoms with Crippen LogP contribution in [0, 0.1) is 11.8 Å². The number of phosphoric ester groups is 2. The van der Waals surface area contributed by atoms with E-state index in [1.54, 1.807) is 0 Å². The molecule has 0 rings (SSSR count). The predicted octanol–water partition coefficient (Wildman–Crippen LogP) is 22.7. The zero-order valence-electron chi connectivity index (χ0n) is 62.7. The molecule has 6 atom stereocenters. The number of carbonyl (C=O) groups excluding carboxylic acids is 4. The maximum atomic E-state index is 13.1. The molecule has 0 aromatic carbocycles. The molecule has 0 heterocycles. The minimum absolute atomic E-state index is 0.106. The van der Waals surface area contributed by atoms with E-state index in [0.717, 1.165) is 108 Å². The molecule has 0 aliphatic rings. The molecule has 17 nitrogen and oxygen atoms in total. The molecule has 0 aliphatic heterocycles. The Labute approximate surface area is 588 Å². The van der Waals surface area contributed by atoms with E-state index in [-0.39, 0.29) is 25.7 Å². The summed E-state index contributed by atoms with van der Waals surface area (Å²) in [4.78, 5) is 72.6. The Hall–Kier alpha value is -1.94. The van der Waals surface area contributed by atoms with Crippen LogP contribution in [0.15, 0.2) is 0 Å². The van der Waals surface area contributed by atoms with Crippen LogP contribution in [0.2, 0.25) is 0 Å². The highest BCUT2D eigenvalue weighted by atomic mass is 31.2. The second-order valence-electron chi connectivity index (χ2n) is 28.5. The zero-order valence-corrected chi connectivity index (χ0v) is 64.5. The number of carbonyl (C=O) groups is 4. The first-order valence-corrected chi connectivity index (χ1v) is 43.0. The fourth-order valence-corrected chi connectivity index (χ4v) is 13.4. The molecule has 0 saturated carbocycles. The van der Waals surface area contributed by atoms with Crippen LogP contribution >= 0.6 is 15.6 Å². The van der Waals surface area contributed by atoms with Crippen molar-refractivity contribution < 1.29 is 80.2 Å². The van der Waals surface area contributed by atoms with E-state index in [0.29, 0.717) is 25.7 Å². The number of hydrogen-bond donors (Lipinski definition) is 3. The maximum Gasteiger partial charge on any atom is 0.472 e. The van der Waals surface area contributed by atoms with Crippen LogP contribution in [0.1, 0.15) is 401 Å². The van der Waals surface area contributed by atoms with Crippen molar-refractivity contribution in [2.45, 2.75) is 419 Å². The van der Waals surface area contributed by atoms with E-state index in [1.807, 2.05) is 0 Å². The largest absolute Gasteiger partial charge is 0.472 e. The molecular formula is C77H150O17P2. The third-order valence-corrected chi connectivity index (χ3v) is 20.2. The molecule has 0 fully saturated rings. The Kier molecular flexibility index (Phi) is 67.4. The van der Waals surface area contributed by atoms with Gasteiger partial charge in [0.2, 0.25) is 0 Å². The van der Waals surface area contributed by atoms with Gasteiger partial charge in [-0.3, -0.25) is 37.3 Å². The number of phosphoric acid groups is 2. The van der Waals surface area contributed by atoms with Crippen molar-refractivity contribution in [2.24, 2.45) is 11.8 Å². The van der Waals surface area contributed by atoms with Gasteiger partial charge in [-0.25, -0.2) is 9.13 Å². The number of unbranched alkanes of at least 4 members (excludes halogenated alkanes) is 45. The zero-order chi connectivity index (χ0) is 70.7. The maximum absolute atomic E-state index is 13.1. The standard InChI is InChI=1S/C77H150O17P2/c1-7-10-12-14-15-16-17-18-19-20-21-22-26-32-37-42-48-54-60-75(80)88-66-73(94-77(82)62-55-49-43-38-33-27-24-23-25-31-36-41-47-52-58-70(6)9-3)68-92-96(85,86)90-64-71(78)63-89-95(83,84)91-67-72(65-87-74(79)59-53-45-13-11-8-2)93-76(81)61-56-50-44-39-34-29-28-30-35-40-46-51-57-69(4)5/h69-73,78H,7-68H2,1-6H3,(H,83,84)(H,85,86)/t70?,71-,72+,73+/m0/s1. The first kappa shape index (κ1) is 94.1. The molecule has 0 aromatic rings. The summed E-state index contributed by atoms with van der Waals surface area (Å²) in [5.41, 5.74) is 0. The van der Waals surface area contributed by atoms with Gasteiger partial charge < -0.3 is 33.8 Å². The molecule has 19 heteroatoms. The molecule has 570 valence electrons. The predicted molar refractivity (Wildman–Crippen MR) is 391 cm³/mol. The van der Waals surface area contributed by atoms with Crippen molar-refractivity contribution in [3.63, 3.8) is 0 Å². The molecule has 0 aliphatic carbocycles. The van der Waals surface area contributed by atoms with E-state index in [4.69, 9.17) is 37.0 Å². The smallest absolute Gasteiger partial charge is 0.462 e. The average molecular weight is 1410 g/mol. The first-order chi connectivity index (χ1) is 46.4. The van der Waals surface area contributed by atoms with Gasteiger partial charge in [0.15, 0.2) is 12.2 Å². The van der Waals surface area contributed by atoms with Gasteiger partial charge in [0.25, 0.3) is 0 Å². The third-order valence-electron chi connectivity index (χ3n) is 18.3. The highest BCUT2D eigenvalue weighted by molar-refractivity contribution is 7.47. The summed E-state index contributed by atoms with van der Waals surface area (Å²) >= 11 is 0. The third kappa shape index (κ3) is 69.2. The van der Waals surface area contributed by atoms with Gasteiger partial charge in [0, 0.05) is 25.7 Å².